The van der Waals surface area contributed by atoms with E-state index >= 15 is 0 Å². The van der Waals surface area contributed by atoms with Crippen LogP contribution in [0.4, 0.5) is 18.9 Å². The largest absolute Gasteiger partial charge is 0.490 e. The fourth-order valence-corrected chi connectivity index (χ4v) is 4.20. The Morgan fingerprint density at radius 3 is 2.41 bits per heavy atom. The maximum atomic E-state index is 13.2. The highest BCUT2D eigenvalue weighted by atomic mass is 19.4. The van der Waals surface area contributed by atoms with Crippen molar-refractivity contribution in [3.8, 4) is 0 Å². The van der Waals surface area contributed by atoms with Gasteiger partial charge < -0.3 is 19.5 Å². The average molecular weight is 480 g/mol. The summed E-state index contributed by atoms with van der Waals surface area (Å²) in [6.45, 7) is 1.63. The Morgan fingerprint density at radius 1 is 1.09 bits per heavy atom. The Kier molecular flexibility index (Phi) is 7.08. The molecule has 0 aromatic carbocycles. The number of carboxylic acid groups (broad SMARTS) is 1. The van der Waals surface area contributed by atoms with Gasteiger partial charge in [0, 0.05) is 38.9 Å². The van der Waals surface area contributed by atoms with E-state index in [1.165, 1.54) is 10.6 Å². The van der Waals surface area contributed by atoms with Crippen molar-refractivity contribution in [2.75, 3.05) is 24.5 Å². The summed E-state index contributed by atoms with van der Waals surface area (Å²) >= 11 is 0. The first-order chi connectivity index (χ1) is 16.0. The first-order valence-electron chi connectivity index (χ1n) is 10.4. The molecule has 0 saturated carbocycles. The summed E-state index contributed by atoms with van der Waals surface area (Å²) in [4.78, 5) is 54.6. The van der Waals surface area contributed by atoms with E-state index in [9.17, 15) is 27.6 Å². The molecule has 2 amide bonds. The number of hydrogen-bond acceptors (Lipinski definition) is 5. The van der Waals surface area contributed by atoms with Crippen molar-refractivity contribution >= 4 is 23.5 Å². The molecule has 4 rings (SSSR count). The Hall–Kier alpha value is -3.70. The van der Waals surface area contributed by atoms with Gasteiger partial charge in [0.2, 0.25) is 5.91 Å². The SMILES string of the molecule is Cn1c(C(=O)N2CCCC3(CCN(c4cccnc4)C3=O)C2)cccc1=O.O=C(O)C(F)(F)F. The van der Waals surface area contributed by atoms with Crippen molar-refractivity contribution in [1.82, 2.24) is 14.5 Å². The van der Waals surface area contributed by atoms with E-state index in [1.54, 1.807) is 41.4 Å². The Labute approximate surface area is 192 Å². The predicted molar refractivity (Wildman–Crippen MR) is 114 cm³/mol. The summed E-state index contributed by atoms with van der Waals surface area (Å²) in [5.74, 6) is -2.88. The third-order valence-corrected chi connectivity index (χ3v) is 5.98. The van der Waals surface area contributed by atoms with E-state index in [-0.39, 0.29) is 17.4 Å². The summed E-state index contributed by atoms with van der Waals surface area (Å²) in [5, 5.41) is 7.12. The van der Waals surface area contributed by atoms with Crippen LogP contribution in [0.2, 0.25) is 0 Å². The molecule has 0 aliphatic carbocycles. The van der Waals surface area contributed by atoms with Gasteiger partial charge in [-0.05, 0) is 37.5 Å². The third-order valence-electron chi connectivity index (χ3n) is 5.98. The summed E-state index contributed by atoms with van der Waals surface area (Å²) < 4.78 is 33.1. The number of piperidine rings is 1. The summed E-state index contributed by atoms with van der Waals surface area (Å²) in [6, 6.07) is 8.39. The number of carbonyl (C=O) groups excluding carboxylic acids is 2. The number of amides is 2. The molecule has 2 aromatic heterocycles. The van der Waals surface area contributed by atoms with E-state index in [1.807, 2.05) is 12.1 Å². The molecule has 182 valence electrons. The first kappa shape index (κ1) is 24.9. The van der Waals surface area contributed by atoms with Crippen molar-refractivity contribution in [1.29, 1.82) is 0 Å². The maximum absolute atomic E-state index is 13.2. The zero-order chi connectivity index (χ0) is 25.1. The molecule has 34 heavy (non-hydrogen) atoms. The number of hydrogen-bond donors (Lipinski definition) is 1. The van der Waals surface area contributed by atoms with Gasteiger partial charge >= 0.3 is 12.1 Å². The van der Waals surface area contributed by atoms with Crippen molar-refractivity contribution in [2.24, 2.45) is 12.5 Å². The van der Waals surface area contributed by atoms with Gasteiger partial charge in [0.15, 0.2) is 0 Å². The number of alkyl halides is 3. The quantitative estimate of drug-likeness (QED) is 0.704. The Bertz CT molecular complexity index is 1140. The molecule has 1 N–H and O–H groups in total. The lowest BCUT2D eigenvalue weighted by Gasteiger charge is -2.39. The predicted octanol–water partition coefficient (Wildman–Crippen LogP) is 2.07. The van der Waals surface area contributed by atoms with Crippen LogP contribution in [0.5, 0.6) is 0 Å². The van der Waals surface area contributed by atoms with Crippen LogP contribution in [0.15, 0.2) is 47.5 Å². The molecule has 1 atom stereocenters. The van der Waals surface area contributed by atoms with E-state index in [0.717, 1.165) is 24.9 Å². The van der Waals surface area contributed by atoms with Crippen LogP contribution in [0.1, 0.15) is 29.8 Å². The van der Waals surface area contributed by atoms with Gasteiger partial charge in [0.1, 0.15) is 5.69 Å². The number of anilines is 1. The summed E-state index contributed by atoms with van der Waals surface area (Å²) in [5.41, 5.74) is 0.395. The van der Waals surface area contributed by atoms with Crippen LogP contribution in [-0.4, -0.2) is 63.2 Å². The highest BCUT2D eigenvalue weighted by Crippen LogP contribution is 2.41. The smallest absolute Gasteiger partial charge is 0.475 e. The number of likely N-dealkylation sites (tertiary alicyclic amines) is 1. The lowest BCUT2D eigenvalue weighted by atomic mass is 9.78. The fraction of sp³-hybridized carbons (Fsp3) is 0.409. The van der Waals surface area contributed by atoms with Gasteiger partial charge in [0.25, 0.3) is 11.5 Å². The second-order valence-corrected chi connectivity index (χ2v) is 8.14. The number of carbonyl (C=O) groups is 3. The number of halogens is 3. The minimum atomic E-state index is -5.08. The summed E-state index contributed by atoms with van der Waals surface area (Å²) in [6.07, 6.45) is 0.574. The monoisotopic (exact) mass is 480 g/mol. The second-order valence-electron chi connectivity index (χ2n) is 8.14. The van der Waals surface area contributed by atoms with E-state index in [4.69, 9.17) is 9.90 Å². The number of pyridine rings is 2. The molecular formula is C22H23F3N4O5. The fourth-order valence-electron chi connectivity index (χ4n) is 4.20. The van der Waals surface area contributed by atoms with Crippen LogP contribution in [0, 0.1) is 5.41 Å². The Morgan fingerprint density at radius 2 is 1.79 bits per heavy atom. The number of carboxylic acids is 1. The second kappa shape index (κ2) is 9.65. The summed E-state index contributed by atoms with van der Waals surface area (Å²) in [7, 11) is 1.60. The lowest BCUT2D eigenvalue weighted by Crippen LogP contribution is -2.50. The standard InChI is InChI=1S/C20H22N4O3.C2HF3O2/c1-22-16(6-2-7-17(22)25)18(26)23-11-4-8-20(14-23)9-12-24(19(20)27)15-5-3-10-21-13-15;3-2(4,5)1(6)7/h2-3,5-7,10,13H,4,8-9,11-12,14H2,1H3;(H,6,7). The molecule has 0 bridgehead atoms. The average Bonchev–Trinajstić information content (AvgIpc) is 3.11. The molecule has 1 spiro atoms. The molecule has 4 heterocycles. The number of aliphatic carboxylic acids is 1. The minimum Gasteiger partial charge on any atom is -0.475 e. The lowest BCUT2D eigenvalue weighted by molar-refractivity contribution is -0.192. The molecule has 2 aliphatic rings. The minimum absolute atomic E-state index is 0.0648. The van der Waals surface area contributed by atoms with E-state index in [2.05, 4.69) is 4.98 Å². The van der Waals surface area contributed by atoms with Crippen molar-refractivity contribution < 1.29 is 32.7 Å². The van der Waals surface area contributed by atoms with E-state index in [0.29, 0.717) is 25.3 Å². The van der Waals surface area contributed by atoms with Crippen LogP contribution >= 0.6 is 0 Å². The third kappa shape index (κ3) is 5.10. The molecular weight excluding hydrogens is 457 g/mol. The van der Waals surface area contributed by atoms with Crippen LogP contribution in [0.25, 0.3) is 0 Å². The number of nitrogens with zero attached hydrogens (tertiary/aromatic N) is 4. The van der Waals surface area contributed by atoms with Gasteiger partial charge in [-0.1, -0.05) is 6.07 Å². The van der Waals surface area contributed by atoms with Crippen molar-refractivity contribution in [3.63, 3.8) is 0 Å². The first-order valence-corrected chi connectivity index (χ1v) is 10.4. The zero-order valence-corrected chi connectivity index (χ0v) is 18.3. The van der Waals surface area contributed by atoms with Crippen LogP contribution in [0.3, 0.4) is 0 Å². The van der Waals surface area contributed by atoms with Gasteiger partial charge in [-0.25, -0.2) is 4.79 Å². The highest BCUT2D eigenvalue weighted by molar-refractivity contribution is 6.01. The van der Waals surface area contributed by atoms with Crippen LogP contribution < -0.4 is 10.5 Å². The maximum Gasteiger partial charge on any atom is 0.490 e. The zero-order valence-electron chi connectivity index (χ0n) is 18.3. The molecule has 2 saturated heterocycles. The van der Waals surface area contributed by atoms with E-state index < -0.39 is 17.6 Å². The molecule has 2 aliphatic heterocycles. The molecule has 9 nitrogen and oxygen atoms in total. The van der Waals surface area contributed by atoms with Gasteiger partial charge in [0.05, 0.1) is 17.3 Å². The van der Waals surface area contributed by atoms with Gasteiger partial charge in [-0.3, -0.25) is 19.4 Å². The molecule has 2 fully saturated rings. The number of aromatic nitrogens is 2. The van der Waals surface area contributed by atoms with Crippen molar-refractivity contribution in [3.05, 3.63) is 58.8 Å². The van der Waals surface area contributed by atoms with Crippen molar-refractivity contribution in [2.45, 2.75) is 25.4 Å². The van der Waals surface area contributed by atoms with Gasteiger partial charge in [-0.2, -0.15) is 13.2 Å². The van der Waals surface area contributed by atoms with Gasteiger partial charge in [-0.15, -0.1) is 0 Å². The molecule has 0 radical (unpaired) electrons. The molecule has 2 aromatic rings. The molecule has 1 unspecified atom stereocenters. The van der Waals surface area contributed by atoms with Crippen LogP contribution in [-0.2, 0) is 16.6 Å². The highest BCUT2D eigenvalue weighted by Gasteiger charge is 2.50. The number of rotatable bonds is 2. The topological polar surface area (TPSA) is 113 Å². The Balaban J connectivity index is 0.000000406. The molecule has 12 heteroatoms. The normalized spacial score (nSPS) is 20.2.